The number of ether oxygens (including phenoxy) is 1. The van der Waals surface area contributed by atoms with E-state index in [1.165, 1.54) is 19.3 Å². The Balaban J connectivity index is 1.52. The molecule has 5 aliphatic rings. The van der Waals surface area contributed by atoms with E-state index in [2.05, 4.69) is 5.32 Å². The molecule has 130 valence electrons. The molecule has 7 nitrogen and oxygen atoms in total. The van der Waals surface area contributed by atoms with Crippen LogP contribution < -0.4 is 5.32 Å². The molecule has 1 aliphatic heterocycles. The number of aliphatic carboxylic acids is 1. The van der Waals surface area contributed by atoms with Crippen LogP contribution in [0.3, 0.4) is 0 Å². The molecule has 7 heteroatoms. The molecule has 5 rings (SSSR count). The topological polar surface area (TPSA) is 119 Å². The Labute approximate surface area is 134 Å². The van der Waals surface area contributed by atoms with E-state index in [9.17, 15) is 20.1 Å². The fourth-order valence-corrected chi connectivity index (χ4v) is 5.79. The van der Waals surface area contributed by atoms with Gasteiger partial charge in [0.05, 0.1) is 0 Å². The summed E-state index contributed by atoms with van der Waals surface area (Å²) in [5.41, 5.74) is -0.133. The Morgan fingerprint density at radius 3 is 1.91 bits per heavy atom. The van der Waals surface area contributed by atoms with Gasteiger partial charge in [-0.05, 0) is 56.3 Å². The lowest BCUT2D eigenvalue weighted by atomic mass is 9.53. The van der Waals surface area contributed by atoms with Crippen LogP contribution in [0, 0.1) is 17.8 Å². The van der Waals surface area contributed by atoms with E-state index in [1.807, 2.05) is 0 Å². The van der Waals surface area contributed by atoms with Crippen LogP contribution in [-0.4, -0.2) is 62.6 Å². The van der Waals surface area contributed by atoms with Crippen molar-refractivity contribution in [2.24, 2.45) is 17.8 Å². The number of carbonyl (C=O) groups is 1. The Bertz CT molecular complexity index is 462. The van der Waals surface area contributed by atoms with Crippen molar-refractivity contribution in [3.8, 4) is 0 Å². The fourth-order valence-electron chi connectivity index (χ4n) is 5.79. The van der Waals surface area contributed by atoms with Gasteiger partial charge in [0.2, 0.25) is 0 Å². The van der Waals surface area contributed by atoms with Gasteiger partial charge in [0.25, 0.3) is 0 Å². The number of carboxylic acid groups (broad SMARTS) is 1. The Hall–Kier alpha value is -0.730. The highest BCUT2D eigenvalue weighted by atomic mass is 16.6. The molecule has 4 saturated carbocycles. The van der Waals surface area contributed by atoms with E-state index in [0.29, 0.717) is 17.8 Å². The number of aliphatic hydroxyl groups excluding tert-OH is 3. The Morgan fingerprint density at radius 1 is 0.913 bits per heavy atom. The van der Waals surface area contributed by atoms with Gasteiger partial charge in [-0.2, -0.15) is 0 Å². The molecular weight excluding hydrogens is 302 g/mol. The summed E-state index contributed by atoms with van der Waals surface area (Å²) in [6.07, 6.45) is -0.130. The Kier molecular flexibility index (Phi) is 3.70. The van der Waals surface area contributed by atoms with E-state index in [0.717, 1.165) is 19.3 Å². The normalized spacial score (nSPS) is 55.1. The van der Waals surface area contributed by atoms with Gasteiger partial charge >= 0.3 is 5.97 Å². The van der Waals surface area contributed by atoms with Crippen molar-refractivity contribution in [3.05, 3.63) is 0 Å². The van der Waals surface area contributed by atoms with E-state index in [4.69, 9.17) is 9.84 Å². The molecule has 0 spiro atoms. The summed E-state index contributed by atoms with van der Waals surface area (Å²) in [6.45, 7) is 0. The fraction of sp³-hybridized carbons (Fsp3) is 0.938. The minimum Gasteiger partial charge on any atom is -0.479 e. The molecule has 1 saturated heterocycles. The van der Waals surface area contributed by atoms with Gasteiger partial charge in [0.15, 0.2) is 6.10 Å². The van der Waals surface area contributed by atoms with Crippen molar-refractivity contribution in [2.75, 3.05) is 0 Å². The summed E-state index contributed by atoms with van der Waals surface area (Å²) in [5.74, 6) is 0.751. The maximum atomic E-state index is 11.2. The summed E-state index contributed by atoms with van der Waals surface area (Å²) in [4.78, 5) is 11.2. The molecule has 4 aliphatic carbocycles. The summed E-state index contributed by atoms with van der Waals surface area (Å²) < 4.78 is 5.41. The first-order chi connectivity index (χ1) is 10.9. The van der Waals surface area contributed by atoms with Gasteiger partial charge in [0, 0.05) is 5.54 Å². The maximum Gasteiger partial charge on any atom is 0.335 e. The standard InChI is InChI=1S/C16H25NO6/c18-10-11(19)13(15(21)22)23-14(12(10)20)17-16-4-7-1-8(5-16)3-9(2-7)6-16/h7-14,17-20H,1-6H2,(H,21,22)/t7?,8?,9?,10-,11-,12+,13-,14+,16?/m0/s1. The second-order valence-corrected chi connectivity index (χ2v) is 8.13. The van der Waals surface area contributed by atoms with Crippen LogP contribution in [0.5, 0.6) is 0 Å². The van der Waals surface area contributed by atoms with E-state index in [1.54, 1.807) is 0 Å². The predicted octanol–water partition coefficient (Wildman–Crippen LogP) is -0.563. The van der Waals surface area contributed by atoms with Crippen molar-refractivity contribution in [1.29, 1.82) is 0 Å². The second-order valence-electron chi connectivity index (χ2n) is 8.13. The number of carboxylic acids is 1. The molecule has 5 fully saturated rings. The molecule has 23 heavy (non-hydrogen) atoms. The van der Waals surface area contributed by atoms with Crippen molar-refractivity contribution in [2.45, 2.75) is 74.7 Å². The van der Waals surface area contributed by atoms with Crippen LogP contribution in [0.25, 0.3) is 0 Å². The highest BCUT2D eigenvalue weighted by Gasteiger charge is 2.54. The van der Waals surface area contributed by atoms with Crippen LogP contribution in [0.2, 0.25) is 0 Å². The quantitative estimate of drug-likeness (QED) is 0.471. The molecule has 1 heterocycles. The minimum absolute atomic E-state index is 0.133. The minimum atomic E-state index is -1.63. The lowest BCUT2D eigenvalue weighted by Gasteiger charge is -2.58. The van der Waals surface area contributed by atoms with Gasteiger partial charge in [-0.1, -0.05) is 0 Å². The first kappa shape index (κ1) is 15.8. The maximum absolute atomic E-state index is 11.2. The molecule has 0 aromatic carbocycles. The summed E-state index contributed by atoms with van der Waals surface area (Å²) in [5, 5.41) is 42.5. The first-order valence-corrected chi connectivity index (χ1v) is 8.57. The largest absolute Gasteiger partial charge is 0.479 e. The zero-order valence-corrected chi connectivity index (χ0v) is 13.0. The smallest absolute Gasteiger partial charge is 0.335 e. The molecule has 5 atom stereocenters. The summed E-state index contributed by atoms with van der Waals surface area (Å²) in [6, 6.07) is 0. The van der Waals surface area contributed by atoms with Crippen LogP contribution in [0.1, 0.15) is 38.5 Å². The van der Waals surface area contributed by atoms with Crippen LogP contribution >= 0.6 is 0 Å². The third-order valence-electron chi connectivity index (χ3n) is 6.34. The molecule has 4 bridgehead atoms. The third kappa shape index (κ3) is 2.59. The second kappa shape index (κ2) is 5.39. The Morgan fingerprint density at radius 2 is 1.43 bits per heavy atom. The van der Waals surface area contributed by atoms with Gasteiger partial charge < -0.3 is 25.2 Å². The zero-order chi connectivity index (χ0) is 16.4. The van der Waals surface area contributed by atoms with Gasteiger partial charge in [-0.25, -0.2) is 4.79 Å². The van der Waals surface area contributed by atoms with E-state index < -0.39 is 36.6 Å². The molecule has 0 aromatic heterocycles. The lowest BCUT2D eigenvalue weighted by molar-refractivity contribution is -0.241. The molecule has 0 amide bonds. The number of aliphatic hydroxyl groups is 3. The van der Waals surface area contributed by atoms with Gasteiger partial charge in [0.1, 0.15) is 24.5 Å². The van der Waals surface area contributed by atoms with E-state index in [-0.39, 0.29) is 5.54 Å². The highest BCUT2D eigenvalue weighted by Crippen LogP contribution is 2.55. The average Bonchev–Trinajstić information content (AvgIpc) is 2.46. The molecule has 0 aromatic rings. The zero-order valence-electron chi connectivity index (χ0n) is 13.0. The van der Waals surface area contributed by atoms with Gasteiger partial charge in [-0.15, -0.1) is 0 Å². The molecule has 5 N–H and O–H groups in total. The first-order valence-electron chi connectivity index (χ1n) is 8.57. The number of hydrogen-bond acceptors (Lipinski definition) is 6. The van der Waals surface area contributed by atoms with Gasteiger partial charge in [-0.3, -0.25) is 5.32 Å². The van der Waals surface area contributed by atoms with E-state index >= 15 is 0 Å². The molecular formula is C16H25NO6. The predicted molar refractivity (Wildman–Crippen MR) is 78.4 cm³/mol. The molecule has 0 radical (unpaired) electrons. The van der Waals surface area contributed by atoms with Crippen molar-refractivity contribution in [1.82, 2.24) is 5.32 Å². The van der Waals surface area contributed by atoms with Crippen molar-refractivity contribution >= 4 is 5.97 Å². The number of hydrogen-bond donors (Lipinski definition) is 5. The highest BCUT2D eigenvalue weighted by molar-refractivity contribution is 5.73. The van der Waals surface area contributed by atoms with Crippen molar-refractivity contribution in [3.63, 3.8) is 0 Å². The summed E-state index contributed by atoms with van der Waals surface area (Å²) >= 11 is 0. The molecule has 0 unspecified atom stereocenters. The van der Waals surface area contributed by atoms with Crippen LogP contribution in [0.4, 0.5) is 0 Å². The monoisotopic (exact) mass is 327 g/mol. The lowest BCUT2D eigenvalue weighted by Crippen LogP contribution is -2.69. The van der Waals surface area contributed by atoms with Crippen LogP contribution in [-0.2, 0) is 9.53 Å². The SMILES string of the molecule is O=C(O)[C@H]1O[C@@H](NC23CC4CC(CC(C4)C2)C3)[C@H](O)[C@@H](O)[C@@H]1O. The third-order valence-corrected chi connectivity index (χ3v) is 6.34. The number of nitrogens with one attached hydrogen (secondary N) is 1. The number of rotatable bonds is 3. The average molecular weight is 327 g/mol. The van der Waals surface area contributed by atoms with Crippen LogP contribution in [0.15, 0.2) is 0 Å². The van der Waals surface area contributed by atoms with Crippen molar-refractivity contribution < 1.29 is 30.0 Å². The summed E-state index contributed by atoms with van der Waals surface area (Å²) in [7, 11) is 0.